The first-order chi connectivity index (χ1) is 19.6. The Labute approximate surface area is 235 Å². The maximum Gasteiger partial charge on any atom is 0.270 e. The third kappa shape index (κ3) is 6.59. The highest BCUT2D eigenvalue weighted by Gasteiger charge is 2.14. The SMILES string of the molecule is N#CC(=Cc1ccc(OCc2ccccc2)c(OCc2ccccc2)c1)c1nc(-c2cccc([N+](=O)[O-])c2)cs1. The highest BCUT2D eigenvalue weighted by molar-refractivity contribution is 7.11. The van der Waals surface area contributed by atoms with Gasteiger partial charge in [-0.1, -0.05) is 78.9 Å². The summed E-state index contributed by atoms with van der Waals surface area (Å²) in [6.45, 7) is 0.751. The van der Waals surface area contributed by atoms with Gasteiger partial charge in [0.05, 0.1) is 16.2 Å². The number of ether oxygens (including phenoxy) is 2. The number of hydrogen-bond donors (Lipinski definition) is 0. The molecular formula is C32H23N3O4S. The molecule has 4 aromatic carbocycles. The number of thiazole rings is 1. The van der Waals surface area contributed by atoms with Crippen molar-refractivity contribution in [3.63, 3.8) is 0 Å². The summed E-state index contributed by atoms with van der Waals surface area (Å²) in [4.78, 5) is 15.3. The second-order valence-corrected chi connectivity index (χ2v) is 9.63. The normalized spacial score (nSPS) is 11.0. The fourth-order valence-corrected chi connectivity index (χ4v) is 4.73. The molecule has 1 heterocycles. The van der Waals surface area contributed by atoms with E-state index in [2.05, 4.69) is 11.1 Å². The first-order valence-electron chi connectivity index (χ1n) is 12.4. The molecular weight excluding hydrogens is 522 g/mol. The zero-order valence-electron chi connectivity index (χ0n) is 21.3. The molecule has 0 aliphatic rings. The van der Waals surface area contributed by atoms with Gasteiger partial charge in [-0.3, -0.25) is 10.1 Å². The molecule has 1 aromatic heterocycles. The number of nitriles is 1. The van der Waals surface area contributed by atoms with Crippen LogP contribution in [0.25, 0.3) is 22.9 Å². The quantitative estimate of drug-likeness (QED) is 0.100. The maximum absolute atomic E-state index is 11.2. The lowest BCUT2D eigenvalue weighted by Crippen LogP contribution is -2.01. The standard InChI is InChI=1S/C32H23N3O4S/c33-19-27(32-34-29(22-40-32)26-12-7-13-28(18-26)35(36)37)16-25-14-15-30(38-20-23-8-3-1-4-9-23)31(17-25)39-21-24-10-5-2-6-11-24/h1-18,22H,20-21H2. The lowest BCUT2D eigenvalue weighted by molar-refractivity contribution is -0.384. The van der Waals surface area contributed by atoms with Gasteiger partial charge in [0.1, 0.15) is 24.3 Å². The Morgan fingerprint density at radius 2 is 1.55 bits per heavy atom. The third-order valence-corrected chi connectivity index (χ3v) is 6.84. The highest BCUT2D eigenvalue weighted by Crippen LogP contribution is 2.33. The molecule has 0 bridgehead atoms. The number of benzene rings is 4. The van der Waals surface area contributed by atoms with Gasteiger partial charge in [0.2, 0.25) is 0 Å². The van der Waals surface area contributed by atoms with E-state index in [1.165, 1.54) is 23.5 Å². The number of aromatic nitrogens is 1. The number of non-ortho nitro benzene ring substituents is 1. The van der Waals surface area contributed by atoms with E-state index < -0.39 is 4.92 Å². The van der Waals surface area contributed by atoms with Crippen molar-refractivity contribution in [2.24, 2.45) is 0 Å². The second-order valence-electron chi connectivity index (χ2n) is 8.77. The molecule has 0 radical (unpaired) electrons. The Morgan fingerprint density at radius 3 is 2.20 bits per heavy atom. The maximum atomic E-state index is 11.2. The first kappa shape index (κ1) is 26.4. The minimum absolute atomic E-state index is 0.0132. The molecule has 7 nitrogen and oxygen atoms in total. The van der Waals surface area contributed by atoms with Crippen LogP contribution in [0.1, 0.15) is 21.7 Å². The number of hydrogen-bond acceptors (Lipinski definition) is 7. The van der Waals surface area contributed by atoms with E-state index in [-0.39, 0.29) is 5.69 Å². The number of nitro benzene ring substituents is 1. The number of nitro groups is 1. The lowest BCUT2D eigenvalue weighted by Gasteiger charge is -2.14. The Kier molecular flexibility index (Phi) is 8.25. The topological polar surface area (TPSA) is 98.3 Å². The molecule has 8 heteroatoms. The highest BCUT2D eigenvalue weighted by atomic mass is 32.1. The summed E-state index contributed by atoms with van der Waals surface area (Å²) in [5, 5.41) is 23.4. The van der Waals surface area contributed by atoms with Gasteiger partial charge in [-0.25, -0.2) is 4.98 Å². The Morgan fingerprint density at radius 1 is 0.875 bits per heavy atom. The molecule has 0 N–H and O–H groups in total. The van der Waals surface area contributed by atoms with Crippen molar-refractivity contribution in [3.8, 4) is 28.8 Å². The first-order valence-corrected chi connectivity index (χ1v) is 13.3. The Hall–Kier alpha value is -5.26. The smallest absolute Gasteiger partial charge is 0.270 e. The van der Waals surface area contributed by atoms with Crippen LogP contribution in [-0.2, 0) is 13.2 Å². The zero-order valence-corrected chi connectivity index (χ0v) is 22.1. The molecule has 0 atom stereocenters. The zero-order chi connectivity index (χ0) is 27.7. The van der Waals surface area contributed by atoms with E-state index >= 15 is 0 Å². The lowest BCUT2D eigenvalue weighted by atomic mass is 10.1. The molecule has 196 valence electrons. The van der Waals surface area contributed by atoms with Crippen LogP contribution in [0.2, 0.25) is 0 Å². The van der Waals surface area contributed by atoms with Crippen LogP contribution in [0.15, 0.2) is 109 Å². The van der Waals surface area contributed by atoms with Crippen molar-refractivity contribution >= 4 is 28.7 Å². The molecule has 0 amide bonds. The third-order valence-electron chi connectivity index (χ3n) is 5.96. The van der Waals surface area contributed by atoms with Gasteiger partial charge in [0.15, 0.2) is 11.5 Å². The molecule has 5 rings (SSSR count). The van der Waals surface area contributed by atoms with E-state index in [0.29, 0.717) is 46.6 Å². The van der Waals surface area contributed by atoms with Crippen LogP contribution < -0.4 is 9.47 Å². The van der Waals surface area contributed by atoms with Gasteiger partial charge in [-0.15, -0.1) is 11.3 Å². The minimum atomic E-state index is -0.442. The van der Waals surface area contributed by atoms with E-state index in [1.807, 2.05) is 78.9 Å². The average molecular weight is 546 g/mol. The van der Waals surface area contributed by atoms with Crippen molar-refractivity contribution in [2.75, 3.05) is 0 Å². The van der Waals surface area contributed by atoms with Crippen LogP contribution in [0, 0.1) is 21.4 Å². The van der Waals surface area contributed by atoms with E-state index in [9.17, 15) is 15.4 Å². The molecule has 0 aliphatic heterocycles. The van der Waals surface area contributed by atoms with Gasteiger partial charge in [-0.2, -0.15) is 5.26 Å². The summed E-state index contributed by atoms with van der Waals surface area (Å²) >= 11 is 1.30. The summed E-state index contributed by atoms with van der Waals surface area (Å²) in [6.07, 6.45) is 1.74. The van der Waals surface area contributed by atoms with Gasteiger partial charge in [0, 0.05) is 23.1 Å². The van der Waals surface area contributed by atoms with Crippen LogP contribution in [0.4, 0.5) is 5.69 Å². The second kappa shape index (κ2) is 12.5. The Balaban J connectivity index is 1.41. The number of allylic oxidation sites excluding steroid dienone is 1. The molecule has 5 aromatic rings. The molecule has 0 saturated carbocycles. The van der Waals surface area contributed by atoms with Crippen LogP contribution in [-0.4, -0.2) is 9.91 Å². The van der Waals surface area contributed by atoms with Crippen molar-refractivity contribution in [3.05, 3.63) is 140 Å². The van der Waals surface area contributed by atoms with E-state index in [0.717, 1.165) is 16.7 Å². The average Bonchev–Trinajstić information content (AvgIpc) is 3.49. The van der Waals surface area contributed by atoms with Crippen molar-refractivity contribution in [1.82, 2.24) is 4.98 Å². The van der Waals surface area contributed by atoms with Crippen LogP contribution in [0.3, 0.4) is 0 Å². The molecule has 0 saturated heterocycles. The van der Waals surface area contributed by atoms with E-state index in [4.69, 9.17) is 9.47 Å². The summed E-state index contributed by atoms with van der Waals surface area (Å²) < 4.78 is 12.3. The summed E-state index contributed by atoms with van der Waals surface area (Å²) in [5.74, 6) is 1.15. The number of rotatable bonds is 10. The fraction of sp³-hybridized carbons (Fsp3) is 0.0625. The van der Waals surface area contributed by atoms with Crippen LogP contribution >= 0.6 is 11.3 Å². The van der Waals surface area contributed by atoms with Gasteiger partial charge < -0.3 is 9.47 Å². The molecule has 0 fully saturated rings. The van der Waals surface area contributed by atoms with Crippen molar-refractivity contribution in [2.45, 2.75) is 13.2 Å². The molecule has 0 aliphatic carbocycles. The summed E-state index contributed by atoms with van der Waals surface area (Å²) in [5.41, 5.74) is 4.35. The predicted octanol–water partition coefficient (Wildman–Crippen LogP) is 7.94. The molecule has 0 spiro atoms. The van der Waals surface area contributed by atoms with Crippen molar-refractivity contribution in [1.29, 1.82) is 5.26 Å². The van der Waals surface area contributed by atoms with Gasteiger partial charge in [0.25, 0.3) is 5.69 Å². The molecule has 40 heavy (non-hydrogen) atoms. The Bertz CT molecular complexity index is 1690. The summed E-state index contributed by atoms with van der Waals surface area (Å²) in [6, 6.07) is 33.8. The monoisotopic (exact) mass is 545 g/mol. The van der Waals surface area contributed by atoms with Gasteiger partial charge >= 0.3 is 0 Å². The van der Waals surface area contributed by atoms with Crippen LogP contribution in [0.5, 0.6) is 11.5 Å². The van der Waals surface area contributed by atoms with Crippen molar-refractivity contribution < 1.29 is 14.4 Å². The number of nitrogens with zero attached hydrogens (tertiary/aromatic N) is 3. The van der Waals surface area contributed by atoms with E-state index in [1.54, 1.807) is 23.6 Å². The summed E-state index contributed by atoms with van der Waals surface area (Å²) in [7, 11) is 0. The fourth-order valence-electron chi connectivity index (χ4n) is 3.93. The predicted molar refractivity (Wildman–Crippen MR) is 156 cm³/mol. The minimum Gasteiger partial charge on any atom is -0.485 e. The largest absolute Gasteiger partial charge is 0.485 e. The molecule has 0 unspecified atom stereocenters. The van der Waals surface area contributed by atoms with Gasteiger partial charge in [-0.05, 0) is 34.9 Å².